The Bertz CT molecular complexity index is 1610. The number of carbonyl (C=O) groups is 1. The Morgan fingerprint density at radius 2 is 1.69 bits per heavy atom. The third-order valence-corrected chi connectivity index (χ3v) is 12.0. The zero-order chi connectivity index (χ0) is 31.5. The van der Waals surface area contributed by atoms with Gasteiger partial charge in [0, 0.05) is 44.3 Å². The molecule has 2 saturated heterocycles. The van der Waals surface area contributed by atoms with Crippen LogP contribution in [0.5, 0.6) is 0 Å². The molecule has 2 aliphatic rings. The predicted octanol–water partition coefficient (Wildman–Crippen LogP) is 0.920. The van der Waals surface area contributed by atoms with Gasteiger partial charge in [-0.05, 0) is 35.7 Å². The minimum atomic E-state index is -5.08. The highest BCUT2D eigenvalue weighted by Gasteiger charge is 2.46. The van der Waals surface area contributed by atoms with Crippen molar-refractivity contribution in [2.75, 3.05) is 36.9 Å². The number of pyridine rings is 1. The molecule has 0 aliphatic carbocycles. The van der Waals surface area contributed by atoms with Crippen LogP contribution in [0.25, 0.3) is 0 Å². The first kappa shape index (κ1) is 33.8. The number of nitrogens with zero attached hydrogens (tertiary/aromatic N) is 3. The molecule has 12 nitrogen and oxygen atoms in total. The number of benzene rings is 1. The maximum Gasteiger partial charge on any atom is 0.490 e. The van der Waals surface area contributed by atoms with Crippen molar-refractivity contribution in [2.24, 2.45) is 5.73 Å². The number of aliphatic carboxylic acids is 1. The number of rotatable bonds is 7. The Morgan fingerprint density at radius 1 is 1.10 bits per heavy atom. The van der Waals surface area contributed by atoms with E-state index in [2.05, 4.69) is 4.98 Å². The molecule has 234 valence electrons. The van der Waals surface area contributed by atoms with Gasteiger partial charge in [-0.15, -0.1) is 0 Å². The topological polar surface area (TPSA) is 185 Å². The number of aromatic nitrogens is 1. The summed E-state index contributed by atoms with van der Waals surface area (Å²) < 4.78 is 125. The summed E-state index contributed by atoms with van der Waals surface area (Å²) in [7, 11) is -11.6. The third-order valence-electron chi connectivity index (χ3n) is 6.64. The van der Waals surface area contributed by atoms with Crippen LogP contribution in [0.3, 0.4) is 0 Å². The number of carboxylic acid groups (broad SMARTS) is 1. The maximum atomic E-state index is 14.5. The molecule has 0 bridgehead atoms. The van der Waals surface area contributed by atoms with Gasteiger partial charge in [-0.3, -0.25) is 0 Å². The Hall–Kier alpha value is -2.71. The van der Waals surface area contributed by atoms with Crippen molar-refractivity contribution < 1.29 is 52.7 Å². The molecule has 1 aromatic heterocycles. The normalized spacial score (nSPS) is 21.8. The van der Waals surface area contributed by atoms with Crippen LogP contribution in [-0.4, -0.2) is 99.0 Å². The maximum absolute atomic E-state index is 14.5. The number of hydrogen-bond donors (Lipinski definition) is 2. The van der Waals surface area contributed by atoms with Crippen molar-refractivity contribution >= 4 is 35.9 Å². The summed E-state index contributed by atoms with van der Waals surface area (Å²) in [6.45, 7) is -0.443. The number of alkyl halides is 3. The van der Waals surface area contributed by atoms with E-state index >= 15 is 0 Å². The Balaban J connectivity index is 0.000000616. The molecule has 3 N–H and O–H groups in total. The lowest BCUT2D eigenvalue weighted by atomic mass is 9.96. The summed E-state index contributed by atoms with van der Waals surface area (Å²) in [5.74, 6) is -4.99. The minimum Gasteiger partial charge on any atom is -0.475 e. The van der Waals surface area contributed by atoms with Crippen LogP contribution in [0.15, 0.2) is 47.6 Å². The van der Waals surface area contributed by atoms with Gasteiger partial charge >= 0.3 is 12.1 Å². The van der Waals surface area contributed by atoms with Crippen molar-refractivity contribution in [3.8, 4) is 0 Å². The molecule has 0 amide bonds. The molecule has 4 rings (SSSR count). The molecule has 0 unspecified atom stereocenters. The SMILES string of the molecule is NCc1ccnc(S(=O)(=O)C[C@H]2C[C@@H](c3ccccc3F)CN2S(=O)(=O)N2CCS(=O)(=O)CC2)c1.O=C(O)C(F)(F)F. The van der Waals surface area contributed by atoms with Gasteiger partial charge in [0.2, 0.25) is 0 Å². The van der Waals surface area contributed by atoms with Gasteiger partial charge in [0.05, 0.1) is 17.3 Å². The average molecular weight is 661 g/mol. The van der Waals surface area contributed by atoms with E-state index < -0.39 is 65.6 Å². The van der Waals surface area contributed by atoms with Crippen LogP contribution in [0.4, 0.5) is 17.6 Å². The fourth-order valence-corrected chi connectivity index (χ4v) is 9.43. The van der Waals surface area contributed by atoms with E-state index in [9.17, 15) is 42.8 Å². The Morgan fingerprint density at radius 3 is 2.24 bits per heavy atom. The van der Waals surface area contributed by atoms with Gasteiger partial charge in [-0.2, -0.15) is 30.2 Å². The van der Waals surface area contributed by atoms with Crippen LogP contribution in [0.2, 0.25) is 0 Å². The smallest absolute Gasteiger partial charge is 0.475 e. The molecular formula is C23H28F4N4O8S3. The molecule has 0 saturated carbocycles. The standard InChI is InChI=1S/C21H27FN4O6S3.C2HF3O2/c22-20-4-2-1-3-19(20)17-12-18(15-34(29,30)21-11-16(13-23)5-6-24-21)26(14-17)35(31,32)25-7-9-33(27,28)10-8-25;3-2(4,5)1(6)7/h1-6,11,17-18H,7-10,12-15,23H2;(H,6,7)/t17-,18-;/m1./s1. The molecule has 0 radical (unpaired) electrons. The fourth-order valence-electron chi connectivity index (χ4n) is 4.51. The highest BCUT2D eigenvalue weighted by atomic mass is 32.2. The molecule has 2 atom stereocenters. The largest absolute Gasteiger partial charge is 0.490 e. The molecule has 2 aliphatic heterocycles. The number of carboxylic acids is 1. The van der Waals surface area contributed by atoms with E-state index in [0.29, 0.717) is 11.1 Å². The summed E-state index contributed by atoms with van der Waals surface area (Å²) >= 11 is 0. The fraction of sp³-hybridized carbons (Fsp3) is 0.478. The van der Waals surface area contributed by atoms with E-state index in [0.717, 1.165) is 8.61 Å². The highest BCUT2D eigenvalue weighted by Crippen LogP contribution is 2.37. The minimum absolute atomic E-state index is 0.0854. The van der Waals surface area contributed by atoms with Crippen molar-refractivity contribution in [1.82, 2.24) is 13.6 Å². The zero-order valence-corrected chi connectivity index (χ0v) is 24.3. The second-order valence-corrected chi connectivity index (χ2v) is 15.7. The number of hydrogen-bond acceptors (Lipinski definition) is 9. The second-order valence-electron chi connectivity index (χ2n) is 9.53. The van der Waals surface area contributed by atoms with Crippen molar-refractivity contribution in [3.63, 3.8) is 0 Å². The van der Waals surface area contributed by atoms with Crippen LogP contribution in [-0.2, 0) is 41.2 Å². The molecule has 19 heteroatoms. The highest BCUT2D eigenvalue weighted by molar-refractivity contribution is 7.92. The first-order valence-corrected chi connectivity index (χ1v) is 17.1. The van der Waals surface area contributed by atoms with Gasteiger partial charge in [-0.1, -0.05) is 18.2 Å². The zero-order valence-electron chi connectivity index (χ0n) is 21.8. The summed E-state index contributed by atoms with van der Waals surface area (Å²) in [5, 5.41) is 6.91. The van der Waals surface area contributed by atoms with Gasteiger partial charge in [0.15, 0.2) is 24.7 Å². The van der Waals surface area contributed by atoms with E-state index in [1.807, 2.05) is 0 Å². The summed E-state index contributed by atoms with van der Waals surface area (Å²) in [6.07, 6.45) is -3.67. The summed E-state index contributed by atoms with van der Waals surface area (Å²) in [5.41, 5.74) is 6.48. The van der Waals surface area contributed by atoms with E-state index in [-0.39, 0.29) is 49.1 Å². The lowest BCUT2D eigenvalue weighted by Crippen LogP contribution is -2.52. The van der Waals surface area contributed by atoms with E-state index in [1.54, 1.807) is 18.2 Å². The van der Waals surface area contributed by atoms with Crippen LogP contribution in [0, 0.1) is 5.82 Å². The quantitative estimate of drug-likeness (QED) is 0.405. The molecule has 2 fully saturated rings. The predicted molar refractivity (Wildman–Crippen MR) is 141 cm³/mol. The average Bonchev–Trinajstić information content (AvgIpc) is 3.32. The Labute approximate surface area is 240 Å². The van der Waals surface area contributed by atoms with Gasteiger partial charge < -0.3 is 10.8 Å². The number of sulfone groups is 2. The van der Waals surface area contributed by atoms with Crippen molar-refractivity contribution in [1.29, 1.82) is 0 Å². The molecule has 42 heavy (non-hydrogen) atoms. The monoisotopic (exact) mass is 660 g/mol. The summed E-state index contributed by atoms with van der Waals surface area (Å²) in [4.78, 5) is 12.8. The van der Waals surface area contributed by atoms with Crippen LogP contribution in [0.1, 0.15) is 23.5 Å². The van der Waals surface area contributed by atoms with Gasteiger partial charge in [0.25, 0.3) is 10.2 Å². The lowest BCUT2D eigenvalue weighted by molar-refractivity contribution is -0.192. The molecule has 0 spiro atoms. The first-order valence-electron chi connectivity index (χ1n) is 12.3. The molecule has 2 aromatic rings. The Kier molecular flexibility index (Phi) is 10.4. The molecule has 1 aromatic carbocycles. The second kappa shape index (κ2) is 12.9. The molecular weight excluding hydrogens is 632 g/mol. The van der Waals surface area contributed by atoms with Gasteiger partial charge in [0.1, 0.15) is 5.82 Å². The van der Waals surface area contributed by atoms with Crippen molar-refractivity contribution in [2.45, 2.75) is 36.1 Å². The van der Waals surface area contributed by atoms with Crippen LogP contribution >= 0.6 is 0 Å². The van der Waals surface area contributed by atoms with E-state index in [4.69, 9.17) is 15.6 Å². The lowest BCUT2D eigenvalue weighted by Gasteiger charge is -2.32. The van der Waals surface area contributed by atoms with Crippen LogP contribution < -0.4 is 5.73 Å². The van der Waals surface area contributed by atoms with Gasteiger partial charge in [-0.25, -0.2) is 31.0 Å². The number of nitrogens with two attached hydrogens (primary N) is 1. The molecule has 3 heterocycles. The first-order chi connectivity index (χ1) is 19.4. The summed E-state index contributed by atoms with van der Waals surface area (Å²) in [6, 6.07) is 7.94. The van der Waals surface area contributed by atoms with E-state index in [1.165, 1.54) is 24.4 Å². The van der Waals surface area contributed by atoms with Crippen molar-refractivity contribution in [3.05, 3.63) is 59.5 Å². The number of halogens is 4. The third kappa shape index (κ3) is 8.22.